The first-order valence-electron chi connectivity index (χ1n) is 6.33. The van der Waals surface area contributed by atoms with Crippen molar-refractivity contribution < 1.29 is 0 Å². The van der Waals surface area contributed by atoms with Gasteiger partial charge in [0.05, 0.1) is 11.9 Å². The van der Waals surface area contributed by atoms with Crippen LogP contribution in [-0.2, 0) is 6.54 Å². The molecule has 4 heteroatoms. The minimum atomic E-state index is 0.611. The highest BCUT2D eigenvalue weighted by molar-refractivity contribution is 5.31. The zero-order valence-electron chi connectivity index (χ0n) is 11.3. The Bertz CT molecular complexity index is 323. The maximum atomic E-state index is 4.51. The lowest BCUT2D eigenvalue weighted by molar-refractivity contribution is 0.547. The first-order valence-corrected chi connectivity index (χ1v) is 6.33. The van der Waals surface area contributed by atoms with Crippen LogP contribution in [0.3, 0.4) is 0 Å². The number of hydrogen-bond donors (Lipinski definition) is 2. The van der Waals surface area contributed by atoms with E-state index in [0.717, 1.165) is 31.1 Å². The van der Waals surface area contributed by atoms with Crippen LogP contribution in [0.25, 0.3) is 0 Å². The van der Waals surface area contributed by atoms with E-state index in [2.05, 4.69) is 48.3 Å². The Hall–Kier alpha value is -1.16. The highest BCUT2D eigenvalue weighted by atomic mass is 15.0. The minimum Gasteiger partial charge on any atom is -0.369 e. The molecule has 0 unspecified atom stereocenters. The van der Waals surface area contributed by atoms with Crippen molar-refractivity contribution in [3.63, 3.8) is 0 Å². The largest absolute Gasteiger partial charge is 0.369 e. The molecule has 0 bridgehead atoms. The Morgan fingerprint density at radius 1 is 1.06 bits per heavy atom. The number of aromatic nitrogens is 2. The van der Waals surface area contributed by atoms with Gasteiger partial charge in [-0.15, -0.1) is 0 Å². The van der Waals surface area contributed by atoms with Gasteiger partial charge in [0.1, 0.15) is 5.82 Å². The summed E-state index contributed by atoms with van der Waals surface area (Å²) in [7, 11) is 0. The van der Waals surface area contributed by atoms with Gasteiger partial charge in [-0.25, -0.2) is 4.98 Å². The summed E-state index contributed by atoms with van der Waals surface area (Å²) in [6.45, 7) is 11.5. The van der Waals surface area contributed by atoms with E-state index in [1.807, 2.05) is 6.20 Å². The summed E-state index contributed by atoms with van der Waals surface area (Å²) in [6.07, 6.45) is 3.59. The third-order valence-electron chi connectivity index (χ3n) is 2.23. The fraction of sp³-hybridized carbons (Fsp3) is 0.692. The molecule has 1 aromatic rings. The third-order valence-corrected chi connectivity index (χ3v) is 2.23. The summed E-state index contributed by atoms with van der Waals surface area (Å²) in [5.74, 6) is 2.13. The smallest absolute Gasteiger partial charge is 0.144 e. The fourth-order valence-corrected chi connectivity index (χ4v) is 1.37. The predicted octanol–water partition coefficient (Wildman–Crippen LogP) is 2.29. The monoisotopic (exact) mass is 236 g/mol. The molecule has 4 nitrogen and oxygen atoms in total. The minimum absolute atomic E-state index is 0.611. The molecule has 0 aliphatic rings. The molecule has 1 aromatic heterocycles. The summed E-state index contributed by atoms with van der Waals surface area (Å²) in [5.41, 5.74) is 0.986. The Kier molecular flexibility index (Phi) is 5.91. The van der Waals surface area contributed by atoms with Gasteiger partial charge in [-0.2, -0.15) is 0 Å². The Labute approximate surface area is 104 Å². The first-order chi connectivity index (χ1) is 8.08. The van der Waals surface area contributed by atoms with Gasteiger partial charge in [0, 0.05) is 19.3 Å². The second kappa shape index (κ2) is 7.22. The van der Waals surface area contributed by atoms with Gasteiger partial charge in [0.25, 0.3) is 0 Å². The molecular formula is C13H24N4. The maximum absolute atomic E-state index is 4.51. The van der Waals surface area contributed by atoms with E-state index in [4.69, 9.17) is 0 Å². The van der Waals surface area contributed by atoms with Crippen molar-refractivity contribution in [1.82, 2.24) is 15.3 Å². The molecule has 0 saturated carbocycles. The van der Waals surface area contributed by atoms with Gasteiger partial charge >= 0.3 is 0 Å². The van der Waals surface area contributed by atoms with Crippen LogP contribution < -0.4 is 10.6 Å². The number of rotatable bonds is 7. The maximum Gasteiger partial charge on any atom is 0.144 e. The molecule has 0 spiro atoms. The van der Waals surface area contributed by atoms with E-state index in [1.165, 1.54) is 0 Å². The molecule has 2 N–H and O–H groups in total. The van der Waals surface area contributed by atoms with Gasteiger partial charge in [0.2, 0.25) is 0 Å². The van der Waals surface area contributed by atoms with Crippen molar-refractivity contribution in [3.05, 3.63) is 18.1 Å². The highest BCUT2D eigenvalue weighted by Crippen LogP contribution is 2.03. The molecule has 1 rings (SSSR count). The highest BCUT2D eigenvalue weighted by Gasteiger charge is 2.00. The van der Waals surface area contributed by atoms with Crippen LogP contribution in [0.1, 0.15) is 33.4 Å². The summed E-state index contributed by atoms with van der Waals surface area (Å²) in [4.78, 5) is 8.70. The van der Waals surface area contributed by atoms with E-state index < -0.39 is 0 Å². The molecule has 0 amide bonds. The van der Waals surface area contributed by atoms with E-state index in [-0.39, 0.29) is 0 Å². The Morgan fingerprint density at radius 2 is 1.76 bits per heavy atom. The van der Waals surface area contributed by atoms with E-state index >= 15 is 0 Å². The van der Waals surface area contributed by atoms with Crippen molar-refractivity contribution in [2.45, 2.75) is 34.2 Å². The first kappa shape index (κ1) is 13.9. The number of nitrogens with zero attached hydrogens (tertiary/aromatic N) is 2. The molecule has 0 aromatic carbocycles. The molecule has 96 valence electrons. The summed E-state index contributed by atoms with van der Waals surface area (Å²) in [5, 5.41) is 6.65. The van der Waals surface area contributed by atoms with Crippen LogP contribution in [0.15, 0.2) is 12.4 Å². The fourth-order valence-electron chi connectivity index (χ4n) is 1.37. The lowest BCUT2D eigenvalue weighted by atomic mass is 10.2. The summed E-state index contributed by atoms with van der Waals surface area (Å²) in [6, 6.07) is 0. The van der Waals surface area contributed by atoms with Crippen LogP contribution in [0.2, 0.25) is 0 Å². The van der Waals surface area contributed by atoms with Crippen LogP contribution in [0.4, 0.5) is 5.82 Å². The molecular weight excluding hydrogens is 212 g/mol. The Balaban J connectivity index is 2.42. The van der Waals surface area contributed by atoms with E-state index in [1.54, 1.807) is 6.20 Å². The molecule has 0 radical (unpaired) electrons. The Morgan fingerprint density at radius 3 is 2.41 bits per heavy atom. The van der Waals surface area contributed by atoms with Crippen LogP contribution in [0, 0.1) is 11.8 Å². The van der Waals surface area contributed by atoms with Crippen molar-refractivity contribution in [1.29, 1.82) is 0 Å². The second-order valence-corrected chi connectivity index (χ2v) is 5.20. The van der Waals surface area contributed by atoms with Crippen molar-refractivity contribution in [3.8, 4) is 0 Å². The molecule has 0 fully saturated rings. The number of nitrogens with one attached hydrogen (secondary N) is 2. The lowest BCUT2D eigenvalue weighted by Gasteiger charge is -2.10. The molecule has 0 aliphatic carbocycles. The summed E-state index contributed by atoms with van der Waals surface area (Å²) >= 11 is 0. The molecule has 1 heterocycles. The SMILES string of the molecule is CC(C)CNCc1cncc(NCC(C)C)n1. The quantitative estimate of drug-likeness (QED) is 0.762. The molecule has 0 atom stereocenters. The number of anilines is 1. The van der Waals surface area contributed by atoms with Gasteiger partial charge in [0.15, 0.2) is 0 Å². The predicted molar refractivity (Wildman–Crippen MR) is 71.9 cm³/mol. The topological polar surface area (TPSA) is 49.8 Å². The lowest BCUT2D eigenvalue weighted by Crippen LogP contribution is -2.20. The van der Waals surface area contributed by atoms with Crippen LogP contribution in [-0.4, -0.2) is 23.1 Å². The average Bonchev–Trinajstić information content (AvgIpc) is 2.26. The van der Waals surface area contributed by atoms with Gasteiger partial charge in [-0.3, -0.25) is 4.98 Å². The molecule has 17 heavy (non-hydrogen) atoms. The van der Waals surface area contributed by atoms with Crippen molar-refractivity contribution >= 4 is 5.82 Å². The summed E-state index contributed by atoms with van der Waals surface area (Å²) < 4.78 is 0. The van der Waals surface area contributed by atoms with E-state index in [9.17, 15) is 0 Å². The third kappa shape index (κ3) is 6.22. The zero-order chi connectivity index (χ0) is 12.7. The van der Waals surface area contributed by atoms with Crippen molar-refractivity contribution in [2.24, 2.45) is 11.8 Å². The van der Waals surface area contributed by atoms with Crippen molar-refractivity contribution in [2.75, 3.05) is 18.4 Å². The molecule has 0 saturated heterocycles. The zero-order valence-corrected chi connectivity index (χ0v) is 11.3. The van der Waals surface area contributed by atoms with E-state index in [0.29, 0.717) is 11.8 Å². The van der Waals surface area contributed by atoms with Gasteiger partial charge in [-0.1, -0.05) is 27.7 Å². The number of hydrogen-bond acceptors (Lipinski definition) is 4. The standard InChI is InChI=1S/C13H24N4/c1-10(2)5-14-7-12-8-15-9-13(17-12)16-6-11(3)4/h8-11,14H,5-7H2,1-4H3,(H,16,17). The average molecular weight is 236 g/mol. The van der Waals surface area contributed by atoms with Crippen LogP contribution >= 0.6 is 0 Å². The van der Waals surface area contributed by atoms with Gasteiger partial charge in [-0.05, 0) is 18.4 Å². The second-order valence-electron chi connectivity index (χ2n) is 5.20. The van der Waals surface area contributed by atoms with Crippen LogP contribution in [0.5, 0.6) is 0 Å². The molecule has 0 aliphatic heterocycles. The van der Waals surface area contributed by atoms with Gasteiger partial charge < -0.3 is 10.6 Å². The normalized spacial score (nSPS) is 11.2.